The number of amides is 11. The third-order valence-corrected chi connectivity index (χ3v) is 20.3. The Hall–Kier alpha value is -8.98. The van der Waals surface area contributed by atoms with E-state index in [4.69, 9.17) is 14.2 Å². The fourth-order valence-corrected chi connectivity index (χ4v) is 13.9. The molecule has 109 heavy (non-hydrogen) atoms. The highest BCUT2D eigenvalue weighted by Gasteiger charge is 2.46. The number of rotatable bonds is 41. The fraction of sp³-hybridized carbons (Fsp3) is 0.634. The number of methoxy groups -OCH3 is 1. The highest BCUT2D eigenvalue weighted by Crippen LogP contribution is 2.44. The minimum atomic E-state index is -1.70. The van der Waals surface area contributed by atoms with E-state index in [9.17, 15) is 48.3 Å². The number of fused-ring (bicyclic) bond motifs is 3. The second-order valence-electron chi connectivity index (χ2n) is 31.8. The Morgan fingerprint density at radius 2 is 0.899 bits per heavy atom. The van der Waals surface area contributed by atoms with Crippen molar-refractivity contribution in [3.8, 4) is 11.1 Å². The molecule has 0 radical (unpaired) electrons. The molecular formula is C82H127N11O16. The van der Waals surface area contributed by atoms with Gasteiger partial charge in [-0.1, -0.05) is 176 Å². The quantitative estimate of drug-likeness (QED) is 0.0354. The van der Waals surface area contributed by atoms with E-state index in [1.54, 1.807) is 53.7 Å². The zero-order valence-corrected chi connectivity index (χ0v) is 69.0. The standard InChI is InChI=1S/C82H127N11O16/c1-25-62(76(100)87(17)43-67(94)88(18)63(39-47(2)3)73(97)86-68(51(10)11)79(103)89(19)64(40-48(4)5)72(96)83-55(16)81(105)108-45-56-33-27-26-28-34-56)85-74(98)70(71(95)53(14)44-107-24)93(23)80(104)69(52(12)13)92(22)78(102)66(42-50(8)9)91(21)77(101)65(41-49(6)7)90(20)75(99)54(15)84-82(106)109-46-61-59-37-31-29-35-57(59)58-36-30-32-38-60(58)61/h26-38,47-55,61-66,68-71,95H,25,39-46H2,1-24H3,(H,83,96)(H,84,106)(H,85,98)(H,86,97)/t53-,54-,55+,62+,63+,64+,65+,66+,68+,69+,70+,71-/m1/s1. The number of hydrogen-bond donors (Lipinski definition) is 5. The second kappa shape index (κ2) is 42.8. The van der Waals surface area contributed by atoms with E-state index in [1.807, 2.05) is 122 Å². The van der Waals surface area contributed by atoms with E-state index in [-0.39, 0.29) is 81.5 Å². The number of nitrogens with zero attached hydrogens (tertiary/aromatic N) is 7. The molecule has 3 aromatic carbocycles. The summed E-state index contributed by atoms with van der Waals surface area (Å²) in [6.07, 6.45) is -1.82. The van der Waals surface area contributed by atoms with E-state index in [0.29, 0.717) is 0 Å². The molecule has 0 unspecified atom stereocenters. The monoisotopic (exact) mass is 1520 g/mol. The van der Waals surface area contributed by atoms with Gasteiger partial charge >= 0.3 is 12.1 Å². The Kier molecular flexibility index (Phi) is 36.3. The van der Waals surface area contributed by atoms with Crippen LogP contribution in [0, 0.1) is 41.4 Å². The number of benzene rings is 3. The first-order valence-corrected chi connectivity index (χ1v) is 38.3. The molecule has 27 heteroatoms. The predicted molar refractivity (Wildman–Crippen MR) is 417 cm³/mol. The number of nitrogens with one attached hydrogen (secondary N) is 4. The van der Waals surface area contributed by atoms with Crippen LogP contribution in [-0.4, -0.2) is 253 Å². The van der Waals surface area contributed by atoms with Gasteiger partial charge < -0.3 is 74.9 Å². The van der Waals surface area contributed by atoms with Crippen LogP contribution in [0.4, 0.5) is 4.79 Å². The van der Waals surface area contributed by atoms with E-state index < -0.39 is 162 Å². The number of alkyl carbamates (subject to hydrolysis) is 1. The zero-order valence-electron chi connectivity index (χ0n) is 69.0. The van der Waals surface area contributed by atoms with Crippen LogP contribution in [0.5, 0.6) is 0 Å². The largest absolute Gasteiger partial charge is 0.459 e. The van der Waals surface area contributed by atoms with E-state index in [0.717, 1.165) is 37.6 Å². The van der Waals surface area contributed by atoms with Crippen molar-refractivity contribution in [1.82, 2.24) is 55.6 Å². The van der Waals surface area contributed by atoms with Gasteiger partial charge in [0, 0.05) is 68.3 Å². The number of ether oxygens (including phenoxy) is 3. The zero-order chi connectivity index (χ0) is 82.3. The normalized spacial score (nSPS) is 15.3. The van der Waals surface area contributed by atoms with Crippen molar-refractivity contribution >= 4 is 71.1 Å². The van der Waals surface area contributed by atoms with Gasteiger partial charge in [0.15, 0.2) is 0 Å². The number of carbonyl (C=O) groups excluding carboxylic acids is 12. The molecular weight excluding hydrogens is 1390 g/mol. The van der Waals surface area contributed by atoms with Crippen molar-refractivity contribution in [2.75, 3.05) is 76.2 Å². The molecule has 0 fully saturated rings. The Morgan fingerprint density at radius 1 is 0.450 bits per heavy atom. The maximum absolute atomic E-state index is 15.3. The van der Waals surface area contributed by atoms with Crippen LogP contribution < -0.4 is 21.3 Å². The van der Waals surface area contributed by atoms with E-state index >= 15 is 14.4 Å². The summed E-state index contributed by atoms with van der Waals surface area (Å²) in [7, 11) is 11.3. The SMILES string of the molecule is CC[C@H](NC(=O)[C@H]([C@H](O)[C@H](C)COC)N(C)C(=O)[C@H](C(C)C)N(C)C(=O)[C@H](CC(C)C)N(C)C(=O)[C@H](CC(C)C)N(C)C(=O)[C@@H](C)NC(=O)OCC1c2ccccc2-c2ccccc21)C(=O)N(C)CC(=O)N(C)[C@@H](CC(C)C)C(=O)N[C@H](C(=O)N(C)[C@@H](CC(C)C)C(=O)N[C@@H](C)C(=O)OCc1ccccc1)C(C)C. The number of esters is 1. The first-order valence-electron chi connectivity index (χ1n) is 38.3. The smallest absolute Gasteiger partial charge is 0.407 e. The van der Waals surface area contributed by atoms with Crippen LogP contribution in [0.2, 0.25) is 0 Å². The molecule has 0 saturated carbocycles. The minimum absolute atomic E-state index is 0.00366. The van der Waals surface area contributed by atoms with Crippen LogP contribution in [0.25, 0.3) is 11.1 Å². The van der Waals surface area contributed by atoms with Crippen LogP contribution in [0.3, 0.4) is 0 Å². The topological polar surface area (TPSA) is 324 Å². The molecule has 0 saturated heterocycles. The molecule has 0 spiro atoms. The fourth-order valence-electron chi connectivity index (χ4n) is 13.9. The molecule has 12 atom stereocenters. The van der Waals surface area contributed by atoms with Crippen LogP contribution in [0.15, 0.2) is 78.9 Å². The second-order valence-corrected chi connectivity index (χ2v) is 31.8. The van der Waals surface area contributed by atoms with Crippen molar-refractivity contribution in [2.24, 2.45) is 41.4 Å². The lowest BCUT2D eigenvalue weighted by atomic mass is 9.93. The average molecular weight is 1520 g/mol. The van der Waals surface area contributed by atoms with Gasteiger partial charge in [-0.15, -0.1) is 0 Å². The summed E-state index contributed by atoms with van der Waals surface area (Å²) in [5, 5.41) is 23.1. The summed E-state index contributed by atoms with van der Waals surface area (Å²) in [5.74, 6) is -10.1. The highest BCUT2D eigenvalue weighted by atomic mass is 16.5. The van der Waals surface area contributed by atoms with Gasteiger partial charge in [-0.25, -0.2) is 9.59 Å². The van der Waals surface area contributed by atoms with Gasteiger partial charge in [0.25, 0.3) is 0 Å². The van der Waals surface area contributed by atoms with Crippen molar-refractivity contribution in [3.63, 3.8) is 0 Å². The molecule has 0 aliphatic heterocycles. The van der Waals surface area contributed by atoms with Crippen LogP contribution in [-0.2, 0) is 73.6 Å². The van der Waals surface area contributed by atoms with Gasteiger partial charge in [0.05, 0.1) is 19.3 Å². The van der Waals surface area contributed by atoms with Crippen molar-refractivity contribution in [3.05, 3.63) is 95.6 Å². The van der Waals surface area contributed by atoms with Gasteiger partial charge in [-0.2, -0.15) is 0 Å². The first kappa shape index (κ1) is 92.4. The van der Waals surface area contributed by atoms with Gasteiger partial charge in [0.2, 0.25) is 59.1 Å². The van der Waals surface area contributed by atoms with E-state index in [1.165, 1.54) is 94.8 Å². The van der Waals surface area contributed by atoms with Crippen molar-refractivity contribution in [1.29, 1.82) is 0 Å². The summed E-state index contributed by atoms with van der Waals surface area (Å²) < 4.78 is 16.6. The maximum Gasteiger partial charge on any atom is 0.407 e. The average Bonchev–Trinajstić information content (AvgIpc) is 1.69. The van der Waals surface area contributed by atoms with Gasteiger partial charge in [-0.3, -0.25) is 47.9 Å². The van der Waals surface area contributed by atoms with Crippen molar-refractivity contribution < 1.29 is 76.9 Å². The molecule has 1 aliphatic rings. The number of hydrogen-bond acceptors (Lipinski definition) is 16. The molecule has 5 N–H and O–H groups in total. The lowest BCUT2D eigenvalue weighted by Crippen LogP contribution is -2.63. The Morgan fingerprint density at radius 3 is 1.39 bits per heavy atom. The molecule has 11 amide bonds. The molecule has 27 nitrogen and oxygen atoms in total. The third-order valence-electron chi connectivity index (χ3n) is 20.3. The molecule has 4 rings (SSSR count). The Balaban J connectivity index is 1.52. The number of aliphatic hydroxyl groups is 1. The summed E-state index contributed by atoms with van der Waals surface area (Å²) in [6.45, 7) is 27.4. The predicted octanol–water partition coefficient (Wildman–Crippen LogP) is 7.10. The molecule has 0 bridgehead atoms. The molecule has 1 aliphatic carbocycles. The van der Waals surface area contributed by atoms with Crippen molar-refractivity contribution in [2.45, 2.75) is 222 Å². The molecule has 0 aromatic heterocycles. The van der Waals surface area contributed by atoms with Crippen LogP contribution in [0.1, 0.15) is 165 Å². The summed E-state index contributed by atoms with van der Waals surface area (Å²) >= 11 is 0. The summed E-state index contributed by atoms with van der Waals surface area (Å²) in [6, 6.07) is 12.6. The minimum Gasteiger partial charge on any atom is -0.459 e. The Labute approximate surface area is 646 Å². The number of aliphatic hydroxyl groups excluding tert-OH is 1. The van der Waals surface area contributed by atoms with Gasteiger partial charge in [-0.05, 0) is 109 Å². The molecule has 3 aromatic rings. The number of carbonyl (C=O) groups is 12. The Bertz CT molecular complexity index is 3520. The third kappa shape index (κ3) is 25.3. The maximum atomic E-state index is 15.3. The lowest BCUT2D eigenvalue weighted by molar-refractivity contribution is -0.157. The van der Waals surface area contributed by atoms with Gasteiger partial charge in [0.1, 0.15) is 73.6 Å². The molecule has 606 valence electrons. The first-order chi connectivity index (χ1) is 51.0. The number of likely N-dealkylation sites (N-methyl/N-ethyl adjacent to an activating group) is 7. The lowest BCUT2D eigenvalue weighted by Gasteiger charge is -2.41. The van der Waals surface area contributed by atoms with E-state index in [2.05, 4.69) is 21.3 Å². The summed E-state index contributed by atoms with van der Waals surface area (Å²) in [4.78, 5) is 182. The summed E-state index contributed by atoms with van der Waals surface area (Å²) in [5.41, 5.74) is 4.91. The molecule has 0 heterocycles. The highest BCUT2D eigenvalue weighted by molar-refractivity contribution is 5.99. The van der Waals surface area contributed by atoms with Crippen LogP contribution >= 0.6 is 0 Å².